The van der Waals surface area contributed by atoms with E-state index in [2.05, 4.69) is 29.6 Å². The highest BCUT2D eigenvalue weighted by Gasteiger charge is 2.44. The lowest BCUT2D eigenvalue weighted by atomic mass is 9.96. The molecule has 0 saturated heterocycles. The molecule has 108 valence electrons. The molecule has 2 aliphatic rings. The number of carbonyl (C=O) groups excluding carboxylic acids is 1. The lowest BCUT2D eigenvalue weighted by Crippen LogP contribution is -2.36. The Hall–Kier alpha value is -1.31. The monoisotopic (exact) mass is 271 g/mol. The summed E-state index contributed by atoms with van der Waals surface area (Å²) in [6.07, 6.45) is 9.98. The molecule has 1 aromatic rings. The molecule has 0 bridgehead atoms. The number of hydrogen-bond donors (Lipinski definition) is 1. The molecular formula is C18H25NO. The summed E-state index contributed by atoms with van der Waals surface area (Å²) in [4.78, 5) is 12.3. The molecule has 2 saturated carbocycles. The number of rotatable bonds is 3. The number of carbonyl (C=O) groups is 1. The Bertz CT molecular complexity index is 434. The van der Waals surface area contributed by atoms with E-state index in [1.165, 1.54) is 50.5 Å². The molecule has 2 atom stereocenters. The van der Waals surface area contributed by atoms with E-state index in [9.17, 15) is 4.79 Å². The fraction of sp³-hybridized carbons (Fsp3) is 0.611. The number of nitrogens with one attached hydrogen (secondary N) is 1. The van der Waals surface area contributed by atoms with Gasteiger partial charge >= 0.3 is 0 Å². The van der Waals surface area contributed by atoms with Crippen molar-refractivity contribution in [3.8, 4) is 0 Å². The van der Waals surface area contributed by atoms with Crippen LogP contribution in [0, 0.1) is 5.92 Å². The first kappa shape index (κ1) is 13.7. The van der Waals surface area contributed by atoms with Crippen LogP contribution >= 0.6 is 0 Å². The minimum atomic E-state index is 0.225. The van der Waals surface area contributed by atoms with E-state index in [4.69, 9.17) is 0 Å². The summed E-state index contributed by atoms with van der Waals surface area (Å²) in [5, 5.41) is 3.31. The summed E-state index contributed by atoms with van der Waals surface area (Å²) in [5.74, 6) is 0.983. The van der Waals surface area contributed by atoms with Gasteiger partial charge in [0.05, 0.1) is 0 Å². The molecule has 2 aliphatic carbocycles. The van der Waals surface area contributed by atoms with Crippen LogP contribution in [0.15, 0.2) is 30.3 Å². The van der Waals surface area contributed by atoms with Crippen molar-refractivity contribution in [3.05, 3.63) is 35.9 Å². The maximum atomic E-state index is 12.3. The summed E-state index contributed by atoms with van der Waals surface area (Å²) < 4.78 is 0. The predicted octanol–water partition coefficient (Wildman–Crippen LogP) is 4.02. The molecule has 2 nitrogen and oxygen atoms in total. The summed E-state index contributed by atoms with van der Waals surface area (Å²) in [5.41, 5.74) is 1.32. The Balaban J connectivity index is 1.50. The van der Waals surface area contributed by atoms with E-state index < -0.39 is 0 Å². The van der Waals surface area contributed by atoms with Crippen LogP contribution in [-0.2, 0) is 4.79 Å². The summed E-state index contributed by atoms with van der Waals surface area (Å²) in [6, 6.07) is 10.9. The topological polar surface area (TPSA) is 29.1 Å². The molecule has 2 fully saturated rings. The van der Waals surface area contributed by atoms with Crippen LogP contribution in [0.3, 0.4) is 0 Å². The van der Waals surface area contributed by atoms with Crippen molar-refractivity contribution < 1.29 is 4.79 Å². The van der Waals surface area contributed by atoms with Gasteiger partial charge in [-0.1, -0.05) is 62.4 Å². The van der Waals surface area contributed by atoms with Crippen LogP contribution in [0.2, 0.25) is 0 Å². The van der Waals surface area contributed by atoms with Crippen molar-refractivity contribution in [2.24, 2.45) is 5.92 Å². The zero-order valence-corrected chi connectivity index (χ0v) is 12.2. The zero-order valence-electron chi connectivity index (χ0n) is 12.2. The first-order chi connectivity index (χ1) is 9.84. The SMILES string of the molecule is O=C(NC1CCCCCCC1)[C@H]1C[C@@H]1c1ccccc1. The molecule has 0 heterocycles. The summed E-state index contributed by atoms with van der Waals surface area (Å²) >= 11 is 0. The predicted molar refractivity (Wildman–Crippen MR) is 81.5 cm³/mol. The van der Waals surface area contributed by atoms with Crippen LogP contribution in [0.1, 0.15) is 62.8 Å². The lowest BCUT2D eigenvalue weighted by molar-refractivity contribution is -0.123. The normalized spacial score (nSPS) is 27.4. The third-order valence-electron chi connectivity index (χ3n) is 4.81. The number of hydrogen-bond acceptors (Lipinski definition) is 1. The highest BCUT2D eigenvalue weighted by Crippen LogP contribution is 2.47. The summed E-state index contributed by atoms with van der Waals surface area (Å²) in [6.45, 7) is 0. The molecule has 20 heavy (non-hydrogen) atoms. The molecule has 0 unspecified atom stereocenters. The maximum absolute atomic E-state index is 12.3. The Labute approximate surface area is 122 Å². The van der Waals surface area contributed by atoms with Crippen molar-refractivity contribution in [3.63, 3.8) is 0 Å². The average Bonchev–Trinajstić information content (AvgIpc) is 3.23. The molecule has 0 aliphatic heterocycles. The second kappa shape index (κ2) is 6.43. The van der Waals surface area contributed by atoms with E-state index >= 15 is 0 Å². The van der Waals surface area contributed by atoms with E-state index in [1.54, 1.807) is 0 Å². The van der Waals surface area contributed by atoms with E-state index in [0.29, 0.717) is 17.9 Å². The van der Waals surface area contributed by atoms with Crippen molar-refractivity contribution in [1.82, 2.24) is 5.32 Å². The van der Waals surface area contributed by atoms with Gasteiger partial charge in [-0.25, -0.2) is 0 Å². The van der Waals surface area contributed by atoms with Gasteiger partial charge in [-0.15, -0.1) is 0 Å². The maximum Gasteiger partial charge on any atom is 0.223 e. The highest BCUT2D eigenvalue weighted by molar-refractivity contribution is 5.83. The quantitative estimate of drug-likeness (QED) is 0.884. The third kappa shape index (κ3) is 3.41. The standard InChI is InChI=1S/C18H25NO/c20-18(19-15-11-7-2-1-3-8-12-15)17-13-16(17)14-9-5-4-6-10-14/h4-6,9-10,15-17H,1-3,7-8,11-13H2,(H,19,20)/t16-,17+/m1/s1. The third-order valence-corrected chi connectivity index (χ3v) is 4.81. The van der Waals surface area contributed by atoms with Crippen LogP contribution in [0.25, 0.3) is 0 Å². The second-order valence-electron chi connectivity index (χ2n) is 6.41. The molecular weight excluding hydrogens is 246 g/mol. The van der Waals surface area contributed by atoms with E-state index in [-0.39, 0.29) is 5.92 Å². The van der Waals surface area contributed by atoms with Gasteiger partial charge in [-0.3, -0.25) is 4.79 Å². The second-order valence-corrected chi connectivity index (χ2v) is 6.41. The number of benzene rings is 1. The van der Waals surface area contributed by atoms with Gasteiger partial charge in [0.15, 0.2) is 0 Å². The zero-order chi connectivity index (χ0) is 13.8. The van der Waals surface area contributed by atoms with Gasteiger partial charge in [-0.2, -0.15) is 0 Å². The lowest BCUT2D eigenvalue weighted by Gasteiger charge is -2.21. The largest absolute Gasteiger partial charge is 0.353 e. The highest BCUT2D eigenvalue weighted by atomic mass is 16.2. The molecule has 3 rings (SSSR count). The molecule has 1 aromatic carbocycles. The smallest absolute Gasteiger partial charge is 0.223 e. The van der Waals surface area contributed by atoms with Crippen LogP contribution in [0.5, 0.6) is 0 Å². The molecule has 1 amide bonds. The fourth-order valence-electron chi connectivity index (χ4n) is 3.46. The summed E-state index contributed by atoms with van der Waals surface area (Å²) in [7, 11) is 0. The number of amides is 1. The van der Waals surface area contributed by atoms with Crippen molar-refractivity contribution >= 4 is 5.91 Å². The average molecular weight is 271 g/mol. The Morgan fingerprint density at radius 2 is 1.60 bits per heavy atom. The Morgan fingerprint density at radius 1 is 0.950 bits per heavy atom. The van der Waals surface area contributed by atoms with Crippen LogP contribution in [0.4, 0.5) is 0 Å². The van der Waals surface area contributed by atoms with Gasteiger partial charge in [0.25, 0.3) is 0 Å². The van der Waals surface area contributed by atoms with E-state index in [1.807, 2.05) is 6.07 Å². The van der Waals surface area contributed by atoms with Gasteiger partial charge in [0.1, 0.15) is 0 Å². The van der Waals surface area contributed by atoms with Gasteiger partial charge in [0, 0.05) is 12.0 Å². The first-order valence-corrected chi connectivity index (χ1v) is 8.20. The van der Waals surface area contributed by atoms with Gasteiger partial charge < -0.3 is 5.32 Å². The van der Waals surface area contributed by atoms with Crippen molar-refractivity contribution in [2.45, 2.75) is 63.3 Å². The molecule has 0 radical (unpaired) electrons. The molecule has 2 heteroatoms. The Kier molecular flexibility index (Phi) is 4.39. The Morgan fingerprint density at radius 3 is 2.30 bits per heavy atom. The van der Waals surface area contributed by atoms with Gasteiger partial charge in [0.2, 0.25) is 5.91 Å². The minimum absolute atomic E-state index is 0.225. The van der Waals surface area contributed by atoms with Crippen LogP contribution < -0.4 is 5.32 Å². The van der Waals surface area contributed by atoms with Gasteiger partial charge in [-0.05, 0) is 30.7 Å². The van der Waals surface area contributed by atoms with Crippen LogP contribution in [-0.4, -0.2) is 11.9 Å². The van der Waals surface area contributed by atoms with Crippen molar-refractivity contribution in [1.29, 1.82) is 0 Å². The van der Waals surface area contributed by atoms with E-state index in [0.717, 1.165) is 6.42 Å². The fourth-order valence-corrected chi connectivity index (χ4v) is 3.46. The van der Waals surface area contributed by atoms with Crippen molar-refractivity contribution in [2.75, 3.05) is 0 Å². The first-order valence-electron chi connectivity index (χ1n) is 8.20. The molecule has 0 spiro atoms. The minimum Gasteiger partial charge on any atom is -0.353 e. The molecule has 0 aromatic heterocycles. The molecule has 1 N–H and O–H groups in total.